The molecule has 0 spiro atoms. The van der Waals surface area contributed by atoms with Gasteiger partial charge in [-0.25, -0.2) is 4.68 Å². The van der Waals surface area contributed by atoms with Gasteiger partial charge < -0.3 is 14.4 Å². The summed E-state index contributed by atoms with van der Waals surface area (Å²) in [7, 11) is 1.37. The number of benzene rings is 1. The Balaban J connectivity index is 1.52. The van der Waals surface area contributed by atoms with Crippen molar-refractivity contribution in [2.45, 2.75) is 33.1 Å². The fourth-order valence-corrected chi connectivity index (χ4v) is 3.71. The van der Waals surface area contributed by atoms with Crippen molar-refractivity contribution >= 4 is 17.8 Å². The number of methoxy groups -OCH3 is 1. The van der Waals surface area contributed by atoms with Crippen molar-refractivity contribution in [2.24, 2.45) is 5.92 Å². The Bertz CT molecular complexity index is 914. The third-order valence-corrected chi connectivity index (χ3v) is 5.50. The van der Waals surface area contributed by atoms with E-state index in [0.29, 0.717) is 25.9 Å². The summed E-state index contributed by atoms with van der Waals surface area (Å²) < 4.78 is 11.8. The number of hydrogen-bond acceptors (Lipinski definition) is 6. The first-order chi connectivity index (χ1) is 14.4. The van der Waals surface area contributed by atoms with Crippen molar-refractivity contribution in [1.29, 1.82) is 0 Å². The zero-order valence-corrected chi connectivity index (χ0v) is 17.6. The molecule has 1 aromatic heterocycles. The molecule has 0 saturated carbocycles. The maximum absolute atomic E-state index is 12.3. The van der Waals surface area contributed by atoms with Gasteiger partial charge in [-0.2, -0.15) is 5.10 Å². The lowest BCUT2D eigenvalue weighted by Crippen LogP contribution is -2.42. The second kappa shape index (κ2) is 9.56. The van der Waals surface area contributed by atoms with Gasteiger partial charge >= 0.3 is 11.9 Å². The van der Waals surface area contributed by atoms with Crippen molar-refractivity contribution < 1.29 is 23.9 Å². The van der Waals surface area contributed by atoms with E-state index in [9.17, 15) is 14.4 Å². The highest BCUT2D eigenvalue weighted by molar-refractivity contribution is 5.82. The van der Waals surface area contributed by atoms with Crippen molar-refractivity contribution in [3.8, 4) is 5.69 Å². The summed E-state index contributed by atoms with van der Waals surface area (Å²) in [6, 6.07) is 9.69. The number of carbonyl (C=O) groups excluding carboxylic acids is 3. The molecular formula is C22H27N3O5. The number of likely N-dealkylation sites (tertiary alicyclic amines) is 1. The number of aryl methyl sites for hydroxylation is 1. The lowest BCUT2D eigenvalue weighted by atomic mass is 9.97. The molecule has 0 radical (unpaired) electrons. The van der Waals surface area contributed by atoms with Gasteiger partial charge in [0.2, 0.25) is 0 Å². The van der Waals surface area contributed by atoms with E-state index in [0.717, 1.165) is 22.6 Å². The fraction of sp³-hybridized carbons (Fsp3) is 0.455. The quantitative estimate of drug-likeness (QED) is 0.673. The van der Waals surface area contributed by atoms with Crippen LogP contribution in [0.3, 0.4) is 0 Å². The number of hydrogen-bond donors (Lipinski definition) is 0. The van der Waals surface area contributed by atoms with Crippen LogP contribution in [0.2, 0.25) is 0 Å². The zero-order valence-electron chi connectivity index (χ0n) is 17.6. The minimum Gasteiger partial charge on any atom is -0.469 e. The number of piperidine rings is 1. The molecule has 8 heteroatoms. The molecule has 2 aromatic rings. The second-order valence-corrected chi connectivity index (χ2v) is 7.41. The summed E-state index contributed by atoms with van der Waals surface area (Å²) in [6.07, 6.45) is 1.18. The number of nitrogens with zero attached hydrogens (tertiary/aromatic N) is 3. The number of ether oxygens (including phenoxy) is 2. The van der Waals surface area contributed by atoms with Gasteiger partial charge in [0, 0.05) is 24.3 Å². The molecule has 0 bridgehead atoms. The summed E-state index contributed by atoms with van der Waals surface area (Å²) in [5, 5.41) is 4.53. The van der Waals surface area contributed by atoms with Gasteiger partial charge in [0.1, 0.15) is 0 Å². The predicted octanol–water partition coefficient (Wildman–Crippen LogP) is 1.99. The Morgan fingerprint density at radius 1 is 1.10 bits per heavy atom. The van der Waals surface area contributed by atoms with Gasteiger partial charge in [0.05, 0.1) is 30.8 Å². The van der Waals surface area contributed by atoms with Crippen LogP contribution in [0, 0.1) is 19.8 Å². The topological polar surface area (TPSA) is 90.7 Å². The number of carbonyl (C=O) groups is 3. The Labute approximate surface area is 175 Å². The third kappa shape index (κ3) is 4.87. The van der Waals surface area contributed by atoms with E-state index in [1.54, 1.807) is 9.58 Å². The van der Waals surface area contributed by atoms with Gasteiger partial charge in [0.25, 0.3) is 5.91 Å². The molecule has 3 rings (SSSR count). The Morgan fingerprint density at radius 3 is 2.40 bits per heavy atom. The van der Waals surface area contributed by atoms with Crippen molar-refractivity contribution in [3.63, 3.8) is 0 Å². The first-order valence-electron chi connectivity index (χ1n) is 10.0. The minimum absolute atomic E-state index is 0.0577. The van der Waals surface area contributed by atoms with Crippen molar-refractivity contribution in [3.05, 3.63) is 47.3 Å². The highest BCUT2D eigenvalue weighted by Gasteiger charge is 2.28. The average Bonchev–Trinajstić information content (AvgIpc) is 3.05. The molecule has 1 aliphatic heterocycles. The lowest BCUT2D eigenvalue weighted by Gasteiger charge is -2.30. The second-order valence-electron chi connectivity index (χ2n) is 7.41. The molecule has 2 heterocycles. The molecule has 1 saturated heterocycles. The molecule has 0 atom stereocenters. The van der Waals surface area contributed by atoms with E-state index in [2.05, 4.69) is 5.10 Å². The number of rotatable bonds is 6. The van der Waals surface area contributed by atoms with Gasteiger partial charge in [0.15, 0.2) is 6.61 Å². The average molecular weight is 413 g/mol. The van der Waals surface area contributed by atoms with Crippen LogP contribution >= 0.6 is 0 Å². The van der Waals surface area contributed by atoms with Gasteiger partial charge in [-0.1, -0.05) is 18.2 Å². The van der Waals surface area contributed by atoms with Gasteiger partial charge in [-0.3, -0.25) is 14.4 Å². The standard InChI is InChI=1S/C22H27N3O5/c1-15-19(16(2)25(23-15)18-7-5-4-6-8-18)13-21(27)30-14-20(26)24-11-9-17(10-12-24)22(28)29-3/h4-8,17H,9-14H2,1-3H3. The van der Waals surface area contributed by atoms with Gasteiger partial charge in [-0.05, 0) is 38.8 Å². The first kappa shape index (κ1) is 21.5. The molecule has 0 aliphatic carbocycles. The summed E-state index contributed by atoms with van der Waals surface area (Å²) in [4.78, 5) is 37.9. The highest BCUT2D eigenvalue weighted by Crippen LogP contribution is 2.20. The fourth-order valence-electron chi connectivity index (χ4n) is 3.71. The Morgan fingerprint density at radius 2 is 1.77 bits per heavy atom. The summed E-state index contributed by atoms with van der Waals surface area (Å²) in [5.41, 5.74) is 3.34. The molecular weight excluding hydrogens is 386 g/mol. The maximum atomic E-state index is 12.3. The molecule has 30 heavy (non-hydrogen) atoms. The van der Waals surface area contributed by atoms with Crippen molar-refractivity contribution in [1.82, 2.24) is 14.7 Å². The monoisotopic (exact) mass is 413 g/mol. The van der Waals surface area contributed by atoms with Gasteiger partial charge in [-0.15, -0.1) is 0 Å². The van der Waals surface area contributed by atoms with Crippen LogP contribution in [0.4, 0.5) is 0 Å². The number of esters is 2. The molecule has 1 aromatic carbocycles. The normalized spacial score (nSPS) is 14.4. The molecule has 1 fully saturated rings. The molecule has 8 nitrogen and oxygen atoms in total. The van der Waals surface area contributed by atoms with E-state index in [1.807, 2.05) is 44.2 Å². The Kier molecular flexibility index (Phi) is 6.87. The van der Waals surface area contributed by atoms with E-state index in [1.165, 1.54) is 7.11 Å². The van der Waals surface area contributed by atoms with Crippen LogP contribution in [0.1, 0.15) is 29.8 Å². The molecule has 160 valence electrons. The zero-order chi connectivity index (χ0) is 21.7. The number of amides is 1. The maximum Gasteiger partial charge on any atom is 0.310 e. The van der Waals surface area contributed by atoms with Crippen LogP contribution < -0.4 is 0 Å². The smallest absolute Gasteiger partial charge is 0.310 e. The SMILES string of the molecule is COC(=O)C1CCN(C(=O)COC(=O)Cc2c(C)nn(-c3ccccc3)c2C)CC1. The van der Waals surface area contributed by atoms with E-state index in [-0.39, 0.29) is 30.8 Å². The van der Waals surface area contributed by atoms with E-state index in [4.69, 9.17) is 9.47 Å². The van der Waals surface area contributed by atoms with E-state index >= 15 is 0 Å². The molecule has 1 amide bonds. The highest BCUT2D eigenvalue weighted by atomic mass is 16.5. The lowest BCUT2D eigenvalue weighted by molar-refractivity contribution is -0.153. The predicted molar refractivity (Wildman–Crippen MR) is 109 cm³/mol. The molecule has 1 aliphatic rings. The molecule has 0 unspecified atom stereocenters. The van der Waals surface area contributed by atoms with Crippen LogP contribution in [-0.4, -0.2) is 59.3 Å². The summed E-state index contributed by atoms with van der Waals surface area (Å²) >= 11 is 0. The van der Waals surface area contributed by atoms with E-state index < -0.39 is 5.97 Å². The van der Waals surface area contributed by atoms with Crippen LogP contribution in [-0.2, 0) is 30.3 Å². The van der Waals surface area contributed by atoms with Crippen LogP contribution in [0.5, 0.6) is 0 Å². The summed E-state index contributed by atoms with van der Waals surface area (Å²) in [6.45, 7) is 4.38. The van der Waals surface area contributed by atoms with Crippen LogP contribution in [0.15, 0.2) is 30.3 Å². The number of para-hydroxylation sites is 1. The largest absolute Gasteiger partial charge is 0.469 e. The number of aromatic nitrogens is 2. The van der Waals surface area contributed by atoms with Crippen LogP contribution in [0.25, 0.3) is 5.69 Å². The summed E-state index contributed by atoms with van der Waals surface area (Å²) in [5.74, 6) is -1.13. The Hall–Kier alpha value is -3.16. The minimum atomic E-state index is -0.466. The molecule has 0 N–H and O–H groups in total. The van der Waals surface area contributed by atoms with Crippen molar-refractivity contribution in [2.75, 3.05) is 26.8 Å². The third-order valence-electron chi connectivity index (χ3n) is 5.50. The first-order valence-corrected chi connectivity index (χ1v) is 10.0.